The third-order valence-corrected chi connectivity index (χ3v) is 8.87. The third-order valence-electron chi connectivity index (χ3n) is 6.34. The Hall–Kier alpha value is -0.870. The molecule has 6 nitrogen and oxygen atoms in total. The van der Waals surface area contributed by atoms with Crippen molar-refractivity contribution in [2.24, 2.45) is 10.9 Å². The molecule has 3 rings (SSSR count). The molecule has 2 aliphatic rings. The summed E-state index contributed by atoms with van der Waals surface area (Å²) >= 11 is 0. The largest absolute Gasteiger partial charge is 0.356 e. The van der Waals surface area contributed by atoms with Crippen LogP contribution in [0, 0.1) is 12.8 Å². The van der Waals surface area contributed by atoms with Gasteiger partial charge >= 0.3 is 0 Å². The van der Waals surface area contributed by atoms with Crippen molar-refractivity contribution >= 4 is 39.8 Å². The Morgan fingerprint density at radius 1 is 1.17 bits per heavy atom. The highest BCUT2D eigenvalue weighted by Crippen LogP contribution is 2.24. The van der Waals surface area contributed by atoms with Crippen LogP contribution < -0.4 is 5.32 Å². The molecule has 2 fully saturated rings. The normalized spacial score (nSPS) is 22.4. The minimum absolute atomic E-state index is 0. The molecule has 30 heavy (non-hydrogen) atoms. The van der Waals surface area contributed by atoms with Gasteiger partial charge in [0.2, 0.25) is 0 Å². The fraction of sp³-hybridized carbons (Fsp3) is 0.682. The zero-order valence-corrected chi connectivity index (χ0v) is 21.9. The second-order valence-electron chi connectivity index (χ2n) is 9.13. The Morgan fingerprint density at radius 2 is 1.80 bits per heavy atom. The molecule has 8 heteroatoms. The fourth-order valence-corrected chi connectivity index (χ4v) is 5.56. The first-order valence-corrected chi connectivity index (χ1v) is 12.3. The SMILES string of the molecule is CN=C(NCC1CCN(Cc2ccc(C)cc2)CC1)N1CCS(=O)(=O)C(C)(C)C1.I. The molecule has 0 amide bonds. The summed E-state index contributed by atoms with van der Waals surface area (Å²) in [6.45, 7) is 10.9. The molecule has 1 aromatic carbocycles. The minimum atomic E-state index is -3.04. The number of benzene rings is 1. The van der Waals surface area contributed by atoms with Gasteiger partial charge in [0, 0.05) is 33.2 Å². The first-order valence-electron chi connectivity index (χ1n) is 10.7. The number of likely N-dealkylation sites (tertiary alicyclic amines) is 1. The van der Waals surface area contributed by atoms with Crippen LogP contribution in [0.3, 0.4) is 0 Å². The van der Waals surface area contributed by atoms with Gasteiger partial charge in [0.15, 0.2) is 15.8 Å². The van der Waals surface area contributed by atoms with Crippen molar-refractivity contribution in [2.75, 3.05) is 45.5 Å². The lowest BCUT2D eigenvalue weighted by Crippen LogP contribution is -2.57. The Kier molecular flexibility index (Phi) is 9.00. The maximum Gasteiger partial charge on any atom is 0.193 e. The molecule has 170 valence electrons. The van der Waals surface area contributed by atoms with Crippen LogP contribution in [0.1, 0.15) is 37.8 Å². The summed E-state index contributed by atoms with van der Waals surface area (Å²) in [5.74, 6) is 1.65. The van der Waals surface area contributed by atoms with Crippen molar-refractivity contribution in [1.82, 2.24) is 15.1 Å². The minimum Gasteiger partial charge on any atom is -0.356 e. The van der Waals surface area contributed by atoms with E-state index in [1.807, 2.05) is 13.8 Å². The summed E-state index contributed by atoms with van der Waals surface area (Å²) in [7, 11) is -1.26. The number of nitrogens with zero attached hydrogens (tertiary/aromatic N) is 3. The summed E-state index contributed by atoms with van der Waals surface area (Å²) in [4.78, 5) is 9.04. The van der Waals surface area contributed by atoms with E-state index in [1.54, 1.807) is 7.05 Å². The van der Waals surface area contributed by atoms with Crippen LogP contribution in [0.25, 0.3) is 0 Å². The van der Waals surface area contributed by atoms with Gasteiger partial charge < -0.3 is 10.2 Å². The first kappa shape index (κ1) is 25.4. The van der Waals surface area contributed by atoms with E-state index in [9.17, 15) is 8.42 Å². The van der Waals surface area contributed by atoms with Crippen LogP contribution in [0.15, 0.2) is 29.3 Å². The predicted octanol–water partition coefficient (Wildman–Crippen LogP) is 2.91. The quantitative estimate of drug-likeness (QED) is 0.356. The van der Waals surface area contributed by atoms with Crippen LogP contribution >= 0.6 is 24.0 Å². The molecule has 0 bridgehead atoms. The number of guanidine groups is 1. The fourth-order valence-electron chi connectivity index (χ4n) is 4.19. The first-order chi connectivity index (χ1) is 13.7. The van der Waals surface area contributed by atoms with E-state index in [0.717, 1.165) is 32.1 Å². The van der Waals surface area contributed by atoms with E-state index in [1.165, 1.54) is 24.0 Å². The molecule has 0 spiro atoms. The average Bonchev–Trinajstić information content (AvgIpc) is 2.68. The Balaban J connectivity index is 0.00000320. The Bertz CT molecular complexity index is 816. The lowest BCUT2D eigenvalue weighted by atomic mass is 9.96. The van der Waals surface area contributed by atoms with Crippen molar-refractivity contribution in [2.45, 2.75) is 44.9 Å². The van der Waals surface area contributed by atoms with E-state index in [-0.39, 0.29) is 29.7 Å². The van der Waals surface area contributed by atoms with Crippen LogP contribution in [-0.4, -0.2) is 74.4 Å². The number of hydrogen-bond acceptors (Lipinski definition) is 4. The number of piperidine rings is 1. The summed E-state index contributed by atoms with van der Waals surface area (Å²) < 4.78 is 23.8. The lowest BCUT2D eigenvalue weighted by molar-refractivity contribution is 0.177. The van der Waals surface area contributed by atoms with Gasteiger partial charge in [-0.25, -0.2) is 8.42 Å². The maximum atomic E-state index is 12.3. The maximum absolute atomic E-state index is 12.3. The van der Waals surface area contributed by atoms with Gasteiger partial charge in [0.25, 0.3) is 0 Å². The van der Waals surface area contributed by atoms with Crippen LogP contribution in [-0.2, 0) is 16.4 Å². The van der Waals surface area contributed by atoms with Gasteiger partial charge in [-0.3, -0.25) is 9.89 Å². The van der Waals surface area contributed by atoms with Gasteiger partial charge in [-0.15, -0.1) is 24.0 Å². The van der Waals surface area contributed by atoms with Gasteiger partial charge in [-0.1, -0.05) is 29.8 Å². The van der Waals surface area contributed by atoms with Crippen LogP contribution in [0.2, 0.25) is 0 Å². The van der Waals surface area contributed by atoms with Gasteiger partial charge in [-0.05, 0) is 58.2 Å². The number of halogens is 1. The summed E-state index contributed by atoms with van der Waals surface area (Å²) in [6, 6.07) is 8.83. The highest BCUT2D eigenvalue weighted by atomic mass is 127. The molecular weight excluding hydrogens is 511 g/mol. The average molecular weight is 549 g/mol. The summed E-state index contributed by atoms with van der Waals surface area (Å²) in [5.41, 5.74) is 2.69. The highest BCUT2D eigenvalue weighted by molar-refractivity contribution is 14.0. The van der Waals surface area contributed by atoms with E-state index in [2.05, 4.69) is 51.3 Å². The molecule has 1 N–H and O–H groups in total. The second-order valence-corrected chi connectivity index (χ2v) is 11.9. The Labute approximate surface area is 199 Å². The van der Waals surface area contributed by atoms with Crippen LogP contribution in [0.4, 0.5) is 0 Å². The number of rotatable bonds is 4. The molecule has 0 aliphatic carbocycles. The smallest absolute Gasteiger partial charge is 0.193 e. The number of sulfone groups is 1. The summed E-state index contributed by atoms with van der Waals surface area (Å²) in [6.07, 6.45) is 2.35. The monoisotopic (exact) mass is 548 g/mol. The van der Waals surface area contributed by atoms with E-state index in [4.69, 9.17) is 0 Å². The van der Waals surface area contributed by atoms with E-state index >= 15 is 0 Å². The second kappa shape index (κ2) is 10.6. The lowest BCUT2D eigenvalue weighted by Gasteiger charge is -2.39. The molecule has 1 aromatic rings. The van der Waals surface area contributed by atoms with Gasteiger partial charge in [-0.2, -0.15) is 0 Å². The zero-order valence-electron chi connectivity index (χ0n) is 18.7. The predicted molar refractivity (Wildman–Crippen MR) is 135 cm³/mol. The molecule has 2 heterocycles. The van der Waals surface area contributed by atoms with Crippen molar-refractivity contribution < 1.29 is 8.42 Å². The standard InChI is InChI=1S/C22H36N4O2S.HI/c1-18-5-7-20(8-6-18)16-25-11-9-19(10-12-25)15-24-21(23-4)26-13-14-29(27,28)22(2,3)17-26;/h5-8,19H,9-17H2,1-4H3,(H,23,24);1H. The van der Waals surface area contributed by atoms with Crippen molar-refractivity contribution in [3.05, 3.63) is 35.4 Å². The molecule has 0 unspecified atom stereocenters. The zero-order chi connectivity index (χ0) is 21.1. The van der Waals surface area contributed by atoms with Gasteiger partial charge in [0.1, 0.15) is 0 Å². The molecule has 0 saturated carbocycles. The molecule has 0 radical (unpaired) electrons. The van der Waals surface area contributed by atoms with Gasteiger partial charge in [0.05, 0.1) is 10.5 Å². The molecule has 0 atom stereocenters. The Morgan fingerprint density at radius 3 is 2.37 bits per heavy atom. The van der Waals surface area contributed by atoms with Crippen LogP contribution in [0.5, 0.6) is 0 Å². The topological polar surface area (TPSA) is 65.0 Å². The number of aryl methyl sites for hydroxylation is 1. The van der Waals surface area contributed by atoms with Crippen molar-refractivity contribution in [3.8, 4) is 0 Å². The molecule has 0 aromatic heterocycles. The highest BCUT2D eigenvalue weighted by Gasteiger charge is 2.41. The van der Waals surface area contributed by atoms with E-state index in [0.29, 0.717) is 19.0 Å². The number of hydrogen-bond donors (Lipinski definition) is 1. The summed E-state index contributed by atoms with van der Waals surface area (Å²) in [5, 5.41) is 3.51. The van der Waals surface area contributed by atoms with E-state index < -0.39 is 14.6 Å². The number of nitrogens with one attached hydrogen (secondary N) is 1. The third kappa shape index (κ3) is 6.32. The van der Waals surface area contributed by atoms with Crippen molar-refractivity contribution in [1.29, 1.82) is 0 Å². The molecule has 2 saturated heterocycles. The molecule has 2 aliphatic heterocycles. The number of aliphatic imine (C=N–C) groups is 1. The van der Waals surface area contributed by atoms with Crippen molar-refractivity contribution in [3.63, 3.8) is 0 Å². The molecular formula is C22H37IN4O2S.